The fourth-order valence-electron chi connectivity index (χ4n) is 2.60. The van der Waals surface area contributed by atoms with Crippen molar-refractivity contribution in [1.82, 2.24) is 9.97 Å². The second kappa shape index (κ2) is 4.86. The summed E-state index contributed by atoms with van der Waals surface area (Å²) in [4.78, 5) is 13.1. The molecule has 21 heavy (non-hydrogen) atoms. The van der Waals surface area contributed by atoms with Gasteiger partial charge in [-0.2, -0.15) is 4.98 Å². The van der Waals surface area contributed by atoms with Crippen LogP contribution < -0.4 is 9.64 Å². The summed E-state index contributed by atoms with van der Waals surface area (Å²) in [7, 11) is 0. The molecule has 4 nitrogen and oxygen atoms in total. The number of fused-ring (bicyclic) bond motifs is 2. The number of aromatic nitrogens is 2. The van der Waals surface area contributed by atoms with Gasteiger partial charge in [0.1, 0.15) is 23.0 Å². The Labute approximate surface area is 131 Å². The van der Waals surface area contributed by atoms with Gasteiger partial charge in [0.25, 0.3) is 0 Å². The molecule has 0 bridgehead atoms. The van der Waals surface area contributed by atoms with Crippen LogP contribution >= 0.6 is 22.9 Å². The van der Waals surface area contributed by atoms with Crippen LogP contribution in [-0.4, -0.2) is 23.1 Å². The Balaban J connectivity index is 1.95. The van der Waals surface area contributed by atoms with Crippen LogP contribution in [0.15, 0.2) is 30.3 Å². The Bertz CT molecular complexity index is 833. The van der Waals surface area contributed by atoms with Gasteiger partial charge < -0.3 is 9.64 Å². The quantitative estimate of drug-likeness (QED) is 0.631. The molecule has 106 valence electrons. The monoisotopic (exact) mass is 317 g/mol. The van der Waals surface area contributed by atoms with Crippen LogP contribution in [0.3, 0.4) is 0 Å². The predicted molar refractivity (Wildman–Crippen MR) is 86.1 cm³/mol. The van der Waals surface area contributed by atoms with E-state index >= 15 is 0 Å². The molecular formula is C15H12ClN3OS. The number of aryl methyl sites for hydroxylation is 1. The van der Waals surface area contributed by atoms with Crippen molar-refractivity contribution >= 4 is 44.7 Å². The van der Waals surface area contributed by atoms with Gasteiger partial charge in [0.05, 0.1) is 17.6 Å². The lowest BCUT2D eigenvalue weighted by atomic mass is 10.2. The first kappa shape index (κ1) is 12.9. The lowest BCUT2D eigenvalue weighted by Crippen LogP contribution is -2.29. The van der Waals surface area contributed by atoms with Crippen LogP contribution in [0.2, 0.25) is 5.28 Å². The third kappa shape index (κ3) is 2.13. The number of anilines is 2. The third-order valence-corrected chi connectivity index (χ3v) is 4.57. The molecule has 1 aliphatic rings. The smallest absolute Gasteiger partial charge is 0.225 e. The maximum absolute atomic E-state index is 6.11. The van der Waals surface area contributed by atoms with E-state index in [1.165, 1.54) is 4.88 Å². The van der Waals surface area contributed by atoms with E-state index in [2.05, 4.69) is 27.9 Å². The first-order valence-electron chi connectivity index (χ1n) is 6.65. The lowest BCUT2D eigenvalue weighted by molar-refractivity contribution is 0.314. The van der Waals surface area contributed by atoms with Crippen molar-refractivity contribution in [2.24, 2.45) is 0 Å². The molecule has 3 aromatic rings. The molecule has 0 radical (unpaired) electrons. The number of halogens is 1. The maximum atomic E-state index is 6.11. The van der Waals surface area contributed by atoms with E-state index in [1.54, 1.807) is 11.3 Å². The van der Waals surface area contributed by atoms with E-state index in [4.69, 9.17) is 16.3 Å². The summed E-state index contributed by atoms with van der Waals surface area (Å²) in [5.74, 6) is 1.73. The standard InChI is InChI=1S/C15H12ClN3OS/c1-9-8-10-13(17-15(16)18-14(10)21-9)19-6-7-20-12-5-3-2-4-11(12)19/h2-5,8H,6-7H2,1H3. The zero-order valence-electron chi connectivity index (χ0n) is 11.3. The van der Waals surface area contributed by atoms with E-state index < -0.39 is 0 Å². The van der Waals surface area contributed by atoms with Gasteiger partial charge in [-0.25, -0.2) is 4.98 Å². The van der Waals surface area contributed by atoms with Crippen molar-refractivity contribution in [3.05, 3.63) is 40.5 Å². The topological polar surface area (TPSA) is 38.2 Å². The van der Waals surface area contributed by atoms with E-state index in [1.807, 2.05) is 24.3 Å². The van der Waals surface area contributed by atoms with E-state index in [9.17, 15) is 0 Å². The van der Waals surface area contributed by atoms with Gasteiger partial charge in [-0.1, -0.05) is 12.1 Å². The minimum absolute atomic E-state index is 0.281. The Hall–Kier alpha value is -1.85. The minimum Gasteiger partial charge on any atom is -0.490 e. The molecule has 0 fully saturated rings. The number of hydrogen-bond donors (Lipinski definition) is 0. The highest BCUT2D eigenvalue weighted by Crippen LogP contribution is 2.40. The summed E-state index contributed by atoms with van der Waals surface area (Å²) in [5.41, 5.74) is 1.02. The second-order valence-electron chi connectivity index (χ2n) is 4.86. The fourth-order valence-corrected chi connectivity index (χ4v) is 3.69. The molecule has 0 saturated carbocycles. The maximum Gasteiger partial charge on any atom is 0.225 e. The summed E-state index contributed by atoms with van der Waals surface area (Å²) in [6, 6.07) is 10.1. The lowest BCUT2D eigenvalue weighted by Gasteiger charge is -2.30. The highest BCUT2D eigenvalue weighted by Gasteiger charge is 2.23. The molecular weight excluding hydrogens is 306 g/mol. The summed E-state index contributed by atoms with van der Waals surface area (Å²) >= 11 is 7.74. The summed E-state index contributed by atoms with van der Waals surface area (Å²) in [5, 5.41) is 1.32. The highest BCUT2D eigenvalue weighted by atomic mass is 35.5. The van der Waals surface area contributed by atoms with Crippen LogP contribution in [0.1, 0.15) is 4.88 Å². The molecule has 1 aliphatic heterocycles. The van der Waals surface area contributed by atoms with Gasteiger partial charge in [-0.3, -0.25) is 0 Å². The van der Waals surface area contributed by atoms with Gasteiger partial charge in [0.2, 0.25) is 5.28 Å². The van der Waals surface area contributed by atoms with Crippen LogP contribution in [-0.2, 0) is 0 Å². The molecule has 1 aromatic carbocycles. The molecule has 0 unspecified atom stereocenters. The summed E-state index contributed by atoms with van der Waals surface area (Å²) in [6.07, 6.45) is 0. The molecule has 0 amide bonds. The minimum atomic E-state index is 0.281. The largest absolute Gasteiger partial charge is 0.490 e. The van der Waals surface area contributed by atoms with Crippen molar-refractivity contribution in [3.63, 3.8) is 0 Å². The molecule has 6 heteroatoms. The molecule has 0 N–H and O–H groups in total. The van der Waals surface area contributed by atoms with Crippen molar-refractivity contribution in [2.75, 3.05) is 18.1 Å². The molecule has 0 saturated heterocycles. The number of nitrogens with zero attached hydrogens (tertiary/aromatic N) is 3. The molecule has 3 heterocycles. The second-order valence-corrected chi connectivity index (χ2v) is 6.43. The number of hydrogen-bond acceptors (Lipinski definition) is 5. The first-order valence-corrected chi connectivity index (χ1v) is 7.85. The van der Waals surface area contributed by atoms with Gasteiger partial charge in [0, 0.05) is 4.88 Å². The Morgan fingerprint density at radius 3 is 3.05 bits per heavy atom. The van der Waals surface area contributed by atoms with Crippen molar-refractivity contribution in [3.8, 4) is 5.75 Å². The Kier molecular flexibility index (Phi) is 2.97. The average Bonchev–Trinajstić information content (AvgIpc) is 2.86. The molecule has 0 spiro atoms. The van der Waals surface area contributed by atoms with Crippen molar-refractivity contribution < 1.29 is 4.74 Å². The van der Waals surface area contributed by atoms with E-state index in [0.717, 1.165) is 34.0 Å². The number of thiophene rings is 1. The predicted octanol–water partition coefficient (Wildman–Crippen LogP) is 4.18. The number of benzene rings is 1. The van der Waals surface area contributed by atoms with Crippen LogP contribution in [0.5, 0.6) is 5.75 Å². The van der Waals surface area contributed by atoms with Crippen LogP contribution in [0.25, 0.3) is 10.2 Å². The number of para-hydroxylation sites is 2. The molecule has 0 atom stereocenters. The van der Waals surface area contributed by atoms with E-state index in [-0.39, 0.29) is 5.28 Å². The third-order valence-electron chi connectivity index (χ3n) is 3.45. The highest BCUT2D eigenvalue weighted by molar-refractivity contribution is 7.18. The first-order chi connectivity index (χ1) is 10.2. The zero-order valence-corrected chi connectivity index (χ0v) is 12.9. The SMILES string of the molecule is Cc1cc2c(N3CCOc4ccccc43)nc(Cl)nc2s1. The van der Waals surface area contributed by atoms with Crippen LogP contribution in [0.4, 0.5) is 11.5 Å². The zero-order chi connectivity index (χ0) is 14.4. The van der Waals surface area contributed by atoms with Crippen molar-refractivity contribution in [2.45, 2.75) is 6.92 Å². The van der Waals surface area contributed by atoms with Gasteiger partial charge in [-0.05, 0) is 36.7 Å². The van der Waals surface area contributed by atoms with Crippen molar-refractivity contribution in [1.29, 1.82) is 0 Å². The summed E-state index contributed by atoms with van der Waals surface area (Å²) in [6.45, 7) is 3.44. The van der Waals surface area contributed by atoms with Gasteiger partial charge in [-0.15, -0.1) is 11.3 Å². The number of rotatable bonds is 1. The summed E-state index contributed by atoms with van der Waals surface area (Å²) < 4.78 is 5.71. The molecule has 4 rings (SSSR count). The fraction of sp³-hybridized carbons (Fsp3) is 0.200. The molecule has 0 aliphatic carbocycles. The normalized spacial score (nSPS) is 14.1. The van der Waals surface area contributed by atoms with Gasteiger partial charge >= 0.3 is 0 Å². The van der Waals surface area contributed by atoms with E-state index in [0.29, 0.717) is 6.61 Å². The Morgan fingerprint density at radius 2 is 2.14 bits per heavy atom. The Morgan fingerprint density at radius 1 is 1.29 bits per heavy atom. The number of ether oxygens (including phenoxy) is 1. The average molecular weight is 318 g/mol. The molecule has 2 aromatic heterocycles. The van der Waals surface area contributed by atoms with Gasteiger partial charge in [0.15, 0.2) is 0 Å². The van der Waals surface area contributed by atoms with Crippen LogP contribution in [0, 0.1) is 6.92 Å².